The molecule has 2 aromatic carbocycles. The summed E-state index contributed by atoms with van der Waals surface area (Å²) in [5.74, 6) is 7.57. The smallest absolute Gasteiger partial charge is 0.119 e. The van der Waals surface area contributed by atoms with E-state index in [9.17, 15) is 0 Å². The van der Waals surface area contributed by atoms with E-state index in [-0.39, 0.29) is 0 Å². The molecule has 0 heterocycles. The molecule has 0 N–H and O–H groups in total. The van der Waals surface area contributed by atoms with E-state index in [0.29, 0.717) is 12.5 Å². The first-order chi connectivity index (χ1) is 9.63. The van der Waals surface area contributed by atoms with E-state index in [1.54, 1.807) is 0 Å². The second kappa shape index (κ2) is 6.82. The van der Waals surface area contributed by atoms with Crippen LogP contribution in [-0.4, -0.2) is 0 Å². The first-order valence-corrected chi connectivity index (χ1v) is 6.93. The molecule has 0 unspecified atom stereocenters. The van der Waals surface area contributed by atoms with Gasteiger partial charge < -0.3 is 4.74 Å². The topological polar surface area (TPSA) is 9.23 Å². The third kappa shape index (κ3) is 4.48. The number of hydrogen-bond acceptors (Lipinski definition) is 1. The van der Waals surface area contributed by atoms with Gasteiger partial charge >= 0.3 is 0 Å². The summed E-state index contributed by atoms with van der Waals surface area (Å²) in [6.45, 7) is 6.86. The molecule has 0 bridgehead atoms. The van der Waals surface area contributed by atoms with Crippen LogP contribution in [0, 0.1) is 24.7 Å². The minimum absolute atomic E-state index is 0.396. The fourth-order valence-corrected chi connectivity index (χ4v) is 1.71. The van der Waals surface area contributed by atoms with Crippen molar-refractivity contribution >= 4 is 0 Å². The molecule has 102 valence electrons. The van der Waals surface area contributed by atoms with Crippen LogP contribution in [0.15, 0.2) is 48.5 Å². The summed E-state index contributed by atoms with van der Waals surface area (Å²) in [5.41, 5.74) is 3.47. The fourth-order valence-electron chi connectivity index (χ4n) is 1.71. The molecule has 0 aliphatic heterocycles. The van der Waals surface area contributed by atoms with Gasteiger partial charge in [-0.15, -0.1) is 0 Å². The molecule has 1 nitrogen and oxygen atoms in total. The van der Waals surface area contributed by atoms with E-state index in [1.165, 1.54) is 11.1 Å². The van der Waals surface area contributed by atoms with E-state index in [0.717, 1.165) is 11.3 Å². The first-order valence-electron chi connectivity index (χ1n) is 6.93. The van der Waals surface area contributed by atoms with Crippen LogP contribution in [0.1, 0.15) is 30.5 Å². The monoisotopic (exact) mass is 264 g/mol. The lowest BCUT2D eigenvalue weighted by Crippen LogP contribution is -1.95. The number of benzene rings is 2. The fraction of sp³-hybridized carbons (Fsp3) is 0.263. The van der Waals surface area contributed by atoms with Gasteiger partial charge in [0.15, 0.2) is 0 Å². The maximum absolute atomic E-state index is 5.76. The Morgan fingerprint density at radius 2 is 1.60 bits per heavy atom. The van der Waals surface area contributed by atoms with Gasteiger partial charge in [0, 0.05) is 11.5 Å². The van der Waals surface area contributed by atoms with Crippen LogP contribution in [0.3, 0.4) is 0 Å². The SMILES string of the molecule is Cc1ccc(COc2ccc(C#CC(C)C)cc2)cc1. The summed E-state index contributed by atoms with van der Waals surface area (Å²) in [6, 6.07) is 16.3. The van der Waals surface area contributed by atoms with Crippen molar-refractivity contribution in [2.45, 2.75) is 27.4 Å². The van der Waals surface area contributed by atoms with Crippen LogP contribution in [-0.2, 0) is 6.61 Å². The minimum atomic E-state index is 0.396. The van der Waals surface area contributed by atoms with E-state index in [2.05, 4.69) is 56.9 Å². The highest BCUT2D eigenvalue weighted by Crippen LogP contribution is 2.14. The lowest BCUT2D eigenvalue weighted by molar-refractivity contribution is 0.306. The average molecular weight is 264 g/mol. The lowest BCUT2D eigenvalue weighted by atomic mass is 10.1. The molecule has 0 aromatic heterocycles. The Kier molecular flexibility index (Phi) is 4.85. The summed E-state index contributed by atoms with van der Waals surface area (Å²) in [5, 5.41) is 0. The van der Waals surface area contributed by atoms with E-state index in [4.69, 9.17) is 4.74 Å². The largest absolute Gasteiger partial charge is 0.489 e. The lowest BCUT2D eigenvalue weighted by Gasteiger charge is -2.06. The van der Waals surface area contributed by atoms with Gasteiger partial charge in [-0.3, -0.25) is 0 Å². The summed E-state index contributed by atoms with van der Waals surface area (Å²) < 4.78 is 5.76. The Hall–Kier alpha value is -2.20. The predicted octanol–water partition coefficient (Wildman–Crippen LogP) is 4.58. The third-order valence-corrected chi connectivity index (χ3v) is 2.89. The second-order valence-electron chi connectivity index (χ2n) is 5.22. The summed E-state index contributed by atoms with van der Waals surface area (Å²) in [6.07, 6.45) is 0. The second-order valence-corrected chi connectivity index (χ2v) is 5.22. The standard InChI is InChI=1S/C19H20O/c1-15(2)4-7-17-10-12-19(13-11-17)20-14-18-8-5-16(3)6-9-18/h5-6,8-13,15H,14H2,1-3H3. The Bertz CT molecular complexity index is 595. The zero-order valence-corrected chi connectivity index (χ0v) is 12.3. The molecule has 0 aliphatic rings. The van der Waals surface area contributed by atoms with Crippen LogP contribution in [0.5, 0.6) is 5.75 Å². The normalized spacial score (nSPS) is 10.0. The molecule has 2 rings (SSSR count). The van der Waals surface area contributed by atoms with Gasteiger partial charge in [-0.05, 0) is 36.8 Å². The quantitative estimate of drug-likeness (QED) is 0.737. The van der Waals surface area contributed by atoms with Crippen molar-refractivity contribution in [3.05, 3.63) is 65.2 Å². The Balaban J connectivity index is 1.94. The minimum Gasteiger partial charge on any atom is -0.489 e. The van der Waals surface area contributed by atoms with E-state index < -0.39 is 0 Å². The Morgan fingerprint density at radius 3 is 2.20 bits per heavy atom. The van der Waals surface area contributed by atoms with Crippen molar-refractivity contribution in [1.82, 2.24) is 0 Å². The summed E-state index contributed by atoms with van der Waals surface area (Å²) in [7, 11) is 0. The number of aryl methyl sites for hydroxylation is 1. The van der Waals surface area contributed by atoms with Crippen molar-refractivity contribution in [2.75, 3.05) is 0 Å². The predicted molar refractivity (Wildman–Crippen MR) is 83.7 cm³/mol. The molecule has 0 fully saturated rings. The van der Waals surface area contributed by atoms with Crippen LogP contribution < -0.4 is 4.74 Å². The molecule has 0 atom stereocenters. The highest BCUT2D eigenvalue weighted by atomic mass is 16.5. The van der Waals surface area contributed by atoms with Crippen LogP contribution in [0.4, 0.5) is 0 Å². The van der Waals surface area contributed by atoms with Crippen molar-refractivity contribution < 1.29 is 4.74 Å². The zero-order valence-electron chi connectivity index (χ0n) is 12.3. The molecule has 2 aromatic rings. The van der Waals surface area contributed by atoms with E-state index in [1.807, 2.05) is 24.3 Å². The van der Waals surface area contributed by atoms with Crippen molar-refractivity contribution in [2.24, 2.45) is 5.92 Å². The van der Waals surface area contributed by atoms with Gasteiger partial charge in [-0.25, -0.2) is 0 Å². The molecular formula is C19H20O. The average Bonchev–Trinajstić information content (AvgIpc) is 2.45. The van der Waals surface area contributed by atoms with Gasteiger partial charge in [0.05, 0.1) is 0 Å². The molecule has 0 saturated heterocycles. The Labute approximate surface area is 121 Å². The molecule has 0 amide bonds. The van der Waals surface area contributed by atoms with Gasteiger partial charge in [-0.1, -0.05) is 55.5 Å². The van der Waals surface area contributed by atoms with Crippen molar-refractivity contribution in [3.8, 4) is 17.6 Å². The highest BCUT2D eigenvalue weighted by Gasteiger charge is 1.96. The summed E-state index contributed by atoms with van der Waals surface area (Å²) >= 11 is 0. The van der Waals surface area contributed by atoms with E-state index >= 15 is 0 Å². The van der Waals surface area contributed by atoms with Gasteiger partial charge in [0.25, 0.3) is 0 Å². The van der Waals surface area contributed by atoms with Gasteiger partial charge in [0.1, 0.15) is 12.4 Å². The third-order valence-electron chi connectivity index (χ3n) is 2.89. The molecule has 0 spiro atoms. The van der Waals surface area contributed by atoms with Crippen LogP contribution >= 0.6 is 0 Å². The maximum Gasteiger partial charge on any atom is 0.119 e. The van der Waals surface area contributed by atoms with Gasteiger partial charge in [-0.2, -0.15) is 0 Å². The number of ether oxygens (including phenoxy) is 1. The Morgan fingerprint density at radius 1 is 0.950 bits per heavy atom. The highest BCUT2D eigenvalue weighted by molar-refractivity contribution is 5.38. The maximum atomic E-state index is 5.76. The number of rotatable bonds is 3. The molecule has 0 saturated carbocycles. The van der Waals surface area contributed by atoms with Crippen LogP contribution in [0.2, 0.25) is 0 Å². The van der Waals surface area contributed by atoms with Gasteiger partial charge in [0.2, 0.25) is 0 Å². The molecular weight excluding hydrogens is 244 g/mol. The van der Waals surface area contributed by atoms with Crippen molar-refractivity contribution in [1.29, 1.82) is 0 Å². The zero-order chi connectivity index (χ0) is 14.4. The molecule has 0 aliphatic carbocycles. The molecule has 1 heteroatoms. The molecule has 0 radical (unpaired) electrons. The van der Waals surface area contributed by atoms with Crippen LogP contribution in [0.25, 0.3) is 0 Å². The molecule has 20 heavy (non-hydrogen) atoms. The first kappa shape index (κ1) is 14.2. The number of hydrogen-bond donors (Lipinski definition) is 0. The van der Waals surface area contributed by atoms with Crippen molar-refractivity contribution in [3.63, 3.8) is 0 Å². The summed E-state index contributed by atoms with van der Waals surface area (Å²) in [4.78, 5) is 0.